The lowest BCUT2D eigenvalue weighted by molar-refractivity contribution is 0.339. The molecular formula is C11H16FNOS. The molecule has 0 saturated heterocycles. The van der Waals surface area contributed by atoms with E-state index in [1.165, 1.54) is 12.1 Å². The first-order valence-corrected chi connectivity index (χ1v) is 6.27. The third-order valence-corrected chi connectivity index (χ3v) is 2.56. The molecule has 0 unspecified atom stereocenters. The quantitative estimate of drug-likeness (QED) is 0.758. The predicted molar refractivity (Wildman–Crippen MR) is 63.0 cm³/mol. The van der Waals surface area contributed by atoms with Crippen LogP contribution in [0.5, 0.6) is 5.75 Å². The number of ether oxygens (including phenoxy) is 1. The molecule has 4 heteroatoms. The van der Waals surface area contributed by atoms with Crippen molar-refractivity contribution in [2.24, 2.45) is 5.73 Å². The Morgan fingerprint density at radius 1 is 1.47 bits per heavy atom. The van der Waals surface area contributed by atoms with E-state index in [2.05, 4.69) is 0 Å². The van der Waals surface area contributed by atoms with Crippen LogP contribution >= 0.6 is 11.8 Å². The number of hydrogen-bond acceptors (Lipinski definition) is 3. The topological polar surface area (TPSA) is 35.2 Å². The van der Waals surface area contributed by atoms with Crippen molar-refractivity contribution in [3.05, 3.63) is 29.6 Å². The molecule has 84 valence electrons. The van der Waals surface area contributed by atoms with Gasteiger partial charge in [0.1, 0.15) is 11.6 Å². The average Bonchev–Trinajstić information content (AvgIpc) is 2.22. The van der Waals surface area contributed by atoms with Gasteiger partial charge in [-0.05, 0) is 43.0 Å². The Balaban J connectivity index is 2.67. The van der Waals surface area contributed by atoms with E-state index in [1.54, 1.807) is 17.8 Å². The maximum absolute atomic E-state index is 13.0. The largest absolute Gasteiger partial charge is 0.492 e. The second-order valence-electron chi connectivity index (χ2n) is 3.13. The van der Waals surface area contributed by atoms with Gasteiger partial charge in [0.2, 0.25) is 0 Å². The van der Waals surface area contributed by atoms with Crippen LogP contribution in [0.1, 0.15) is 5.56 Å². The van der Waals surface area contributed by atoms with E-state index < -0.39 is 0 Å². The maximum Gasteiger partial charge on any atom is 0.123 e. The SMILES string of the molecule is CSCCOc1ccc(F)cc1CCN. The Hall–Kier alpha value is -0.740. The fraction of sp³-hybridized carbons (Fsp3) is 0.455. The molecule has 0 saturated carbocycles. The van der Waals surface area contributed by atoms with E-state index in [0.29, 0.717) is 19.6 Å². The van der Waals surface area contributed by atoms with Crippen LogP contribution in [-0.2, 0) is 6.42 Å². The third-order valence-electron chi connectivity index (χ3n) is 1.98. The van der Waals surface area contributed by atoms with Crippen LogP contribution in [0, 0.1) is 5.82 Å². The van der Waals surface area contributed by atoms with Crippen LogP contribution in [0.4, 0.5) is 4.39 Å². The molecule has 0 aromatic heterocycles. The van der Waals surface area contributed by atoms with Gasteiger partial charge in [-0.25, -0.2) is 4.39 Å². The van der Waals surface area contributed by atoms with E-state index in [4.69, 9.17) is 10.5 Å². The molecule has 0 atom stereocenters. The highest BCUT2D eigenvalue weighted by Crippen LogP contribution is 2.20. The Morgan fingerprint density at radius 3 is 2.93 bits per heavy atom. The Labute approximate surface area is 94.0 Å². The Bertz CT molecular complexity index is 307. The molecule has 1 aromatic carbocycles. The molecule has 1 aromatic rings. The lowest BCUT2D eigenvalue weighted by Crippen LogP contribution is -2.07. The molecule has 1 rings (SSSR count). The van der Waals surface area contributed by atoms with Gasteiger partial charge in [-0.15, -0.1) is 0 Å². The van der Waals surface area contributed by atoms with Gasteiger partial charge in [0.15, 0.2) is 0 Å². The molecule has 2 N–H and O–H groups in total. The van der Waals surface area contributed by atoms with Crippen LogP contribution in [0.15, 0.2) is 18.2 Å². The number of benzene rings is 1. The monoisotopic (exact) mass is 229 g/mol. The van der Waals surface area contributed by atoms with Gasteiger partial charge < -0.3 is 10.5 Å². The standard InChI is InChI=1S/C11H16FNOS/c1-15-7-6-14-11-3-2-10(12)8-9(11)4-5-13/h2-3,8H,4-7,13H2,1H3. The summed E-state index contributed by atoms with van der Waals surface area (Å²) < 4.78 is 18.5. The first kappa shape index (κ1) is 12.3. The second-order valence-corrected chi connectivity index (χ2v) is 4.12. The highest BCUT2D eigenvalue weighted by atomic mass is 32.2. The first-order chi connectivity index (χ1) is 7.27. The van der Waals surface area contributed by atoms with Crippen LogP contribution in [-0.4, -0.2) is 25.2 Å². The summed E-state index contributed by atoms with van der Waals surface area (Å²) in [6.07, 6.45) is 2.67. The summed E-state index contributed by atoms with van der Waals surface area (Å²) in [6, 6.07) is 4.57. The summed E-state index contributed by atoms with van der Waals surface area (Å²) >= 11 is 1.72. The normalized spacial score (nSPS) is 10.3. The van der Waals surface area contributed by atoms with Gasteiger partial charge in [0.25, 0.3) is 0 Å². The fourth-order valence-electron chi connectivity index (χ4n) is 1.27. The molecule has 0 bridgehead atoms. The van der Waals surface area contributed by atoms with Gasteiger partial charge >= 0.3 is 0 Å². The maximum atomic E-state index is 13.0. The van der Waals surface area contributed by atoms with Crippen molar-refractivity contribution in [2.45, 2.75) is 6.42 Å². The number of halogens is 1. The highest BCUT2D eigenvalue weighted by molar-refractivity contribution is 7.98. The molecule has 0 aliphatic carbocycles. The van der Waals surface area contributed by atoms with Crippen molar-refractivity contribution in [3.8, 4) is 5.75 Å². The summed E-state index contributed by atoms with van der Waals surface area (Å²) in [4.78, 5) is 0. The molecule has 2 nitrogen and oxygen atoms in total. The summed E-state index contributed by atoms with van der Waals surface area (Å²) in [5.74, 6) is 1.44. The zero-order valence-electron chi connectivity index (χ0n) is 8.83. The molecule has 15 heavy (non-hydrogen) atoms. The van der Waals surface area contributed by atoms with Crippen molar-refractivity contribution in [1.29, 1.82) is 0 Å². The number of thioether (sulfide) groups is 1. The summed E-state index contributed by atoms with van der Waals surface area (Å²) in [5, 5.41) is 0. The van der Waals surface area contributed by atoms with Crippen LogP contribution in [0.2, 0.25) is 0 Å². The predicted octanol–water partition coefficient (Wildman–Crippen LogP) is 2.07. The van der Waals surface area contributed by atoms with E-state index >= 15 is 0 Å². The average molecular weight is 229 g/mol. The van der Waals surface area contributed by atoms with Crippen molar-refractivity contribution in [3.63, 3.8) is 0 Å². The molecule has 0 radical (unpaired) electrons. The van der Waals surface area contributed by atoms with Gasteiger partial charge in [-0.3, -0.25) is 0 Å². The van der Waals surface area contributed by atoms with Crippen LogP contribution in [0.3, 0.4) is 0 Å². The molecule has 0 aliphatic rings. The van der Waals surface area contributed by atoms with Gasteiger partial charge in [-0.1, -0.05) is 0 Å². The molecule has 0 aliphatic heterocycles. The number of nitrogens with two attached hydrogens (primary N) is 1. The minimum Gasteiger partial charge on any atom is -0.492 e. The fourth-order valence-corrected chi connectivity index (χ4v) is 1.52. The van der Waals surface area contributed by atoms with Gasteiger partial charge in [0, 0.05) is 5.75 Å². The molecule has 0 amide bonds. The smallest absolute Gasteiger partial charge is 0.123 e. The summed E-state index contributed by atoms with van der Waals surface area (Å²) in [7, 11) is 0. The number of rotatable bonds is 6. The zero-order chi connectivity index (χ0) is 11.1. The van der Waals surface area contributed by atoms with E-state index in [0.717, 1.165) is 17.1 Å². The second kappa shape index (κ2) is 6.69. The Kier molecular flexibility index (Phi) is 5.50. The summed E-state index contributed by atoms with van der Waals surface area (Å²) in [6.45, 7) is 1.15. The van der Waals surface area contributed by atoms with E-state index in [9.17, 15) is 4.39 Å². The van der Waals surface area contributed by atoms with Crippen LogP contribution < -0.4 is 10.5 Å². The van der Waals surface area contributed by atoms with Crippen molar-refractivity contribution in [1.82, 2.24) is 0 Å². The molecule has 0 spiro atoms. The third kappa shape index (κ3) is 4.10. The van der Waals surface area contributed by atoms with E-state index in [-0.39, 0.29) is 5.82 Å². The molecular weight excluding hydrogens is 213 g/mol. The van der Waals surface area contributed by atoms with Gasteiger partial charge in [-0.2, -0.15) is 11.8 Å². The summed E-state index contributed by atoms with van der Waals surface area (Å²) in [5.41, 5.74) is 6.30. The van der Waals surface area contributed by atoms with Crippen molar-refractivity contribution < 1.29 is 9.13 Å². The lowest BCUT2D eigenvalue weighted by Gasteiger charge is -2.10. The molecule has 0 fully saturated rings. The Morgan fingerprint density at radius 2 is 2.27 bits per heavy atom. The minimum absolute atomic E-state index is 0.240. The van der Waals surface area contributed by atoms with E-state index in [1.807, 2.05) is 6.26 Å². The van der Waals surface area contributed by atoms with Crippen LogP contribution in [0.25, 0.3) is 0 Å². The van der Waals surface area contributed by atoms with Crippen molar-refractivity contribution in [2.75, 3.05) is 25.2 Å². The van der Waals surface area contributed by atoms with Crippen molar-refractivity contribution >= 4 is 11.8 Å². The van der Waals surface area contributed by atoms with Gasteiger partial charge in [0.05, 0.1) is 6.61 Å². The first-order valence-electron chi connectivity index (χ1n) is 4.88. The highest BCUT2D eigenvalue weighted by Gasteiger charge is 2.04. The molecule has 0 heterocycles. The lowest BCUT2D eigenvalue weighted by atomic mass is 10.1. The number of hydrogen-bond donors (Lipinski definition) is 1. The minimum atomic E-state index is -0.240. The zero-order valence-corrected chi connectivity index (χ0v) is 9.65.